The molecule has 0 bridgehead atoms. The molecular weight excluding hydrogens is 599 g/mol. The summed E-state index contributed by atoms with van der Waals surface area (Å²) in [5.74, 6) is -0.418. The number of aliphatic hydroxyl groups is 4. The van der Waals surface area contributed by atoms with Gasteiger partial charge in [0.2, 0.25) is 11.9 Å². The predicted octanol–water partition coefficient (Wildman–Crippen LogP) is -4.26. The van der Waals surface area contributed by atoms with Gasteiger partial charge in [-0.3, -0.25) is 13.7 Å². The maximum atomic E-state index is 13.0. The van der Waals surface area contributed by atoms with Crippen molar-refractivity contribution in [3.63, 3.8) is 0 Å². The molecule has 0 aromatic carbocycles. The van der Waals surface area contributed by atoms with E-state index in [2.05, 4.69) is 29.9 Å². The standard InChI is InChI=1S/C20H27N12O10P/c21-13-7-15(27-3-25-13)31(19(23)29-7)17-11(36)9(34)6(41-17)2-39-43(37,38)42-12-10(35)5(1-33)40-18(12)32-16-8(30-20(32)24)14(22)26-4-28-16/h3-6,9-12,17-18,33-36H,1-2H2,(H2,23,29)(H2,24,30)(H,37,38)(H2,21,25,27)(H2,22,26,28)/p-1. The number of nitrogens with two attached hydrogens (primary N) is 4. The first-order valence-corrected chi connectivity index (χ1v) is 14.0. The van der Waals surface area contributed by atoms with Crippen LogP contribution in [0.25, 0.3) is 22.3 Å². The highest BCUT2D eigenvalue weighted by Gasteiger charge is 2.49. The van der Waals surface area contributed by atoms with Gasteiger partial charge in [0, 0.05) is 0 Å². The first-order chi connectivity index (χ1) is 20.4. The lowest BCUT2D eigenvalue weighted by molar-refractivity contribution is -0.237. The SMILES string of the molecule is Nc1ncnc2c1nc(N)n2C1OC(COP(=O)([O-])OC2C(O)C(CO)OC2n2c(N)nc3c(N)ncnc32)C(O)C1O. The van der Waals surface area contributed by atoms with Crippen molar-refractivity contribution >= 4 is 53.7 Å². The molecule has 12 N–H and O–H groups in total. The average molecular weight is 625 g/mol. The Hall–Kier alpha value is -3.83. The fourth-order valence-electron chi connectivity index (χ4n) is 5.00. The van der Waals surface area contributed by atoms with Crippen molar-refractivity contribution in [1.82, 2.24) is 39.0 Å². The third-order valence-corrected chi connectivity index (χ3v) is 8.02. The second kappa shape index (κ2) is 10.7. The number of phosphoric ester groups is 1. The summed E-state index contributed by atoms with van der Waals surface area (Å²) in [6.45, 7) is -1.55. The fourth-order valence-corrected chi connectivity index (χ4v) is 5.92. The number of fused-ring (bicyclic) bond motifs is 2. The maximum Gasteiger partial charge on any atom is 0.268 e. The van der Waals surface area contributed by atoms with Crippen LogP contribution in [-0.2, 0) is 23.1 Å². The lowest BCUT2D eigenvalue weighted by atomic mass is 10.1. The Bertz CT molecular complexity index is 1720. The summed E-state index contributed by atoms with van der Waals surface area (Å²) in [7, 11) is -5.33. The van der Waals surface area contributed by atoms with E-state index in [1.807, 2.05) is 0 Å². The van der Waals surface area contributed by atoms with Crippen LogP contribution >= 0.6 is 7.82 Å². The Balaban J connectivity index is 1.20. The van der Waals surface area contributed by atoms with Gasteiger partial charge >= 0.3 is 0 Å². The van der Waals surface area contributed by atoms with E-state index in [0.29, 0.717) is 0 Å². The number of phosphoric acid groups is 1. The van der Waals surface area contributed by atoms with Crippen LogP contribution in [0.15, 0.2) is 12.7 Å². The highest BCUT2D eigenvalue weighted by atomic mass is 31.2. The molecule has 0 spiro atoms. The zero-order chi connectivity index (χ0) is 30.8. The summed E-state index contributed by atoms with van der Waals surface area (Å²) in [5, 5.41) is 41.7. The molecule has 232 valence electrons. The van der Waals surface area contributed by atoms with Crippen LogP contribution in [0.5, 0.6) is 0 Å². The third kappa shape index (κ3) is 4.88. The smallest absolute Gasteiger partial charge is 0.268 e. The van der Waals surface area contributed by atoms with Gasteiger partial charge in [-0.1, -0.05) is 0 Å². The molecule has 4 aromatic rings. The van der Waals surface area contributed by atoms with E-state index in [-0.39, 0.29) is 45.9 Å². The van der Waals surface area contributed by atoms with Gasteiger partial charge in [-0.2, -0.15) is 0 Å². The highest BCUT2D eigenvalue weighted by Crippen LogP contribution is 2.47. The third-order valence-electron chi connectivity index (χ3n) is 7.05. The van der Waals surface area contributed by atoms with Crippen LogP contribution in [0.3, 0.4) is 0 Å². The normalized spacial score (nSPS) is 30.8. The van der Waals surface area contributed by atoms with Gasteiger partial charge in [-0.25, -0.2) is 29.9 Å². The number of hydrogen-bond acceptors (Lipinski definition) is 20. The first-order valence-electron chi connectivity index (χ1n) is 12.5. The molecule has 6 rings (SSSR count). The van der Waals surface area contributed by atoms with Crippen LogP contribution in [0.4, 0.5) is 23.5 Å². The molecule has 2 saturated heterocycles. The van der Waals surface area contributed by atoms with E-state index in [9.17, 15) is 29.9 Å². The van der Waals surface area contributed by atoms with Crippen LogP contribution < -0.4 is 27.8 Å². The van der Waals surface area contributed by atoms with Crippen LogP contribution in [0.2, 0.25) is 0 Å². The van der Waals surface area contributed by atoms with Crippen molar-refractivity contribution in [2.75, 3.05) is 36.1 Å². The van der Waals surface area contributed by atoms with Crippen molar-refractivity contribution in [3.8, 4) is 0 Å². The monoisotopic (exact) mass is 625 g/mol. The minimum Gasteiger partial charge on any atom is -0.756 e. The molecular formula is C20H26N12O10P-. The van der Waals surface area contributed by atoms with E-state index in [4.69, 9.17) is 41.5 Å². The highest BCUT2D eigenvalue weighted by molar-refractivity contribution is 7.45. The number of anilines is 4. The first kappa shape index (κ1) is 29.3. The van der Waals surface area contributed by atoms with Crippen molar-refractivity contribution in [1.29, 1.82) is 0 Å². The number of ether oxygens (including phenoxy) is 2. The second-order valence-corrected chi connectivity index (χ2v) is 11.0. The molecule has 2 aliphatic rings. The molecule has 0 saturated carbocycles. The molecule has 4 aromatic heterocycles. The maximum absolute atomic E-state index is 13.0. The van der Waals surface area contributed by atoms with Gasteiger partial charge in [0.05, 0.1) is 13.2 Å². The number of nitrogen functional groups attached to an aromatic ring is 4. The summed E-state index contributed by atoms with van der Waals surface area (Å²) < 4.78 is 36.7. The molecule has 2 fully saturated rings. The molecule has 9 atom stereocenters. The predicted molar refractivity (Wildman–Crippen MR) is 140 cm³/mol. The van der Waals surface area contributed by atoms with E-state index >= 15 is 0 Å². The fraction of sp³-hybridized carbons (Fsp3) is 0.500. The number of rotatable bonds is 8. The molecule has 6 heterocycles. The quantitative estimate of drug-likeness (QED) is 0.0859. The van der Waals surface area contributed by atoms with Gasteiger partial charge in [-0.05, 0) is 0 Å². The van der Waals surface area contributed by atoms with Crippen molar-refractivity contribution in [3.05, 3.63) is 12.7 Å². The molecule has 0 radical (unpaired) electrons. The van der Waals surface area contributed by atoms with E-state index in [1.54, 1.807) is 0 Å². The Morgan fingerprint density at radius 2 is 1.37 bits per heavy atom. The van der Waals surface area contributed by atoms with Gasteiger partial charge < -0.3 is 66.8 Å². The second-order valence-electron chi connectivity index (χ2n) is 9.64. The zero-order valence-electron chi connectivity index (χ0n) is 21.8. The van der Waals surface area contributed by atoms with Crippen LogP contribution in [-0.4, -0.2) is 109 Å². The summed E-state index contributed by atoms with van der Waals surface area (Å²) in [4.78, 5) is 36.8. The number of aromatic nitrogens is 8. The van der Waals surface area contributed by atoms with E-state index in [1.165, 1.54) is 0 Å². The number of aliphatic hydroxyl groups excluding tert-OH is 4. The molecule has 23 heteroatoms. The lowest BCUT2D eigenvalue weighted by Crippen LogP contribution is -2.37. The number of nitrogens with zero attached hydrogens (tertiary/aromatic N) is 8. The molecule has 0 amide bonds. The number of hydrogen-bond donors (Lipinski definition) is 8. The van der Waals surface area contributed by atoms with Gasteiger partial charge in [0.25, 0.3) is 7.82 Å². The molecule has 2 aliphatic heterocycles. The average Bonchev–Trinajstić information content (AvgIpc) is 3.65. The summed E-state index contributed by atoms with van der Waals surface area (Å²) in [5.41, 5.74) is 23.9. The van der Waals surface area contributed by atoms with Crippen molar-refractivity contribution < 1.29 is 48.4 Å². The zero-order valence-corrected chi connectivity index (χ0v) is 22.7. The summed E-state index contributed by atoms with van der Waals surface area (Å²) >= 11 is 0. The van der Waals surface area contributed by atoms with E-state index in [0.717, 1.165) is 21.8 Å². The van der Waals surface area contributed by atoms with Crippen LogP contribution in [0, 0.1) is 0 Å². The lowest BCUT2D eigenvalue weighted by Gasteiger charge is -2.31. The Morgan fingerprint density at radius 1 is 0.837 bits per heavy atom. The van der Waals surface area contributed by atoms with Crippen molar-refractivity contribution in [2.45, 2.75) is 49.1 Å². The Morgan fingerprint density at radius 3 is 1.93 bits per heavy atom. The molecule has 22 nitrogen and oxygen atoms in total. The number of imidazole rings is 2. The van der Waals surface area contributed by atoms with Gasteiger partial charge in [0.15, 0.2) is 46.4 Å². The van der Waals surface area contributed by atoms with Gasteiger partial charge in [-0.15, -0.1) is 0 Å². The molecule has 0 aliphatic carbocycles. The largest absolute Gasteiger partial charge is 0.756 e. The molecule has 43 heavy (non-hydrogen) atoms. The summed E-state index contributed by atoms with van der Waals surface area (Å²) in [6.07, 6.45) is -9.98. The minimum absolute atomic E-state index is 0.00833. The topological polar surface area (TPSA) is 349 Å². The van der Waals surface area contributed by atoms with Gasteiger partial charge in [0.1, 0.15) is 49.3 Å². The minimum atomic E-state index is -5.33. The van der Waals surface area contributed by atoms with Crippen LogP contribution in [0.1, 0.15) is 12.5 Å². The van der Waals surface area contributed by atoms with E-state index < -0.39 is 70.1 Å². The van der Waals surface area contributed by atoms with Crippen molar-refractivity contribution in [2.24, 2.45) is 0 Å². The molecule has 9 unspecified atom stereocenters. The Kier molecular flexibility index (Phi) is 7.29. The summed E-state index contributed by atoms with van der Waals surface area (Å²) in [6, 6.07) is 0. The Labute approximate surface area is 239 Å².